The van der Waals surface area contributed by atoms with Crippen molar-refractivity contribution in [3.05, 3.63) is 18.2 Å². The third kappa shape index (κ3) is 3.82. The number of likely N-dealkylation sites (N-methyl/N-ethyl adjacent to an activating group) is 1. The summed E-state index contributed by atoms with van der Waals surface area (Å²) in [6.45, 7) is 5.01. The molecule has 0 spiro atoms. The monoisotopic (exact) mass is 239 g/mol. The molecule has 2 unspecified atom stereocenters. The van der Waals surface area contributed by atoms with E-state index in [9.17, 15) is 5.11 Å². The van der Waals surface area contributed by atoms with E-state index in [0.717, 1.165) is 31.6 Å². The number of hydrogen-bond acceptors (Lipinski definition) is 3. The molecule has 0 aliphatic rings. The lowest BCUT2D eigenvalue weighted by atomic mass is 10.0. The molecule has 0 aromatic carbocycles. The summed E-state index contributed by atoms with van der Waals surface area (Å²) in [7, 11) is 4.06. The molecule has 0 fully saturated rings. The van der Waals surface area contributed by atoms with E-state index in [1.165, 1.54) is 0 Å². The highest BCUT2D eigenvalue weighted by Gasteiger charge is 2.21. The van der Waals surface area contributed by atoms with Gasteiger partial charge in [0.25, 0.3) is 0 Å². The van der Waals surface area contributed by atoms with E-state index in [-0.39, 0.29) is 12.1 Å². The first-order chi connectivity index (χ1) is 8.10. The molecule has 0 bridgehead atoms. The fourth-order valence-electron chi connectivity index (χ4n) is 2.25. The van der Waals surface area contributed by atoms with Crippen LogP contribution in [0.25, 0.3) is 0 Å². The van der Waals surface area contributed by atoms with Gasteiger partial charge in [0.1, 0.15) is 5.82 Å². The van der Waals surface area contributed by atoms with Crippen LogP contribution in [0.5, 0.6) is 0 Å². The Balaban J connectivity index is 2.60. The Morgan fingerprint density at radius 1 is 1.47 bits per heavy atom. The van der Waals surface area contributed by atoms with Gasteiger partial charge in [0.15, 0.2) is 0 Å². The number of hydrogen-bond donors (Lipinski definition) is 1. The van der Waals surface area contributed by atoms with Crippen LogP contribution in [0.15, 0.2) is 12.4 Å². The van der Waals surface area contributed by atoms with Gasteiger partial charge in [0.05, 0.1) is 12.6 Å². The number of aliphatic hydroxyl groups excluding tert-OH is 1. The topological polar surface area (TPSA) is 41.3 Å². The van der Waals surface area contributed by atoms with Crippen molar-refractivity contribution in [3.63, 3.8) is 0 Å². The second-order valence-corrected chi connectivity index (χ2v) is 4.70. The van der Waals surface area contributed by atoms with E-state index in [1.54, 1.807) is 0 Å². The van der Waals surface area contributed by atoms with Gasteiger partial charge in [-0.2, -0.15) is 0 Å². The van der Waals surface area contributed by atoms with E-state index in [4.69, 9.17) is 0 Å². The number of imidazole rings is 1. The average molecular weight is 239 g/mol. The predicted octanol–water partition coefficient (Wildman–Crippen LogP) is 1.79. The van der Waals surface area contributed by atoms with Crippen LogP contribution in [-0.2, 0) is 13.6 Å². The highest BCUT2D eigenvalue weighted by Crippen LogP contribution is 2.14. The first-order valence-electron chi connectivity index (χ1n) is 6.44. The van der Waals surface area contributed by atoms with Crippen molar-refractivity contribution >= 4 is 0 Å². The third-order valence-corrected chi connectivity index (χ3v) is 3.32. The van der Waals surface area contributed by atoms with Crippen LogP contribution in [0.4, 0.5) is 0 Å². The Labute approximate surface area is 104 Å². The molecule has 4 heteroatoms. The second-order valence-electron chi connectivity index (χ2n) is 4.70. The quantitative estimate of drug-likeness (QED) is 0.788. The fraction of sp³-hybridized carbons (Fsp3) is 0.769. The van der Waals surface area contributed by atoms with E-state index in [2.05, 4.69) is 30.8 Å². The maximum Gasteiger partial charge on any atom is 0.122 e. The zero-order valence-corrected chi connectivity index (χ0v) is 11.4. The van der Waals surface area contributed by atoms with Gasteiger partial charge in [0.2, 0.25) is 0 Å². The molecule has 1 N–H and O–H groups in total. The van der Waals surface area contributed by atoms with Crippen molar-refractivity contribution in [2.75, 3.05) is 7.05 Å². The van der Waals surface area contributed by atoms with E-state index >= 15 is 0 Å². The van der Waals surface area contributed by atoms with Gasteiger partial charge in [-0.25, -0.2) is 4.98 Å². The van der Waals surface area contributed by atoms with Crippen molar-refractivity contribution in [3.8, 4) is 0 Å². The Hall–Kier alpha value is -0.870. The average Bonchev–Trinajstić information content (AvgIpc) is 2.66. The number of aryl methyl sites for hydroxylation is 1. The van der Waals surface area contributed by atoms with Crippen LogP contribution >= 0.6 is 0 Å². The molecule has 0 amide bonds. The number of aromatic nitrogens is 2. The van der Waals surface area contributed by atoms with Crippen LogP contribution < -0.4 is 0 Å². The van der Waals surface area contributed by atoms with E-state index in [1.807, 2.05) is 24.0 Å². The Morgan fingerprint density at radius 2 is 2.18 bits per heavy atom. The van der Waals surface area contributed by atoms with Crippen LogP contribution in [0.3, 0.4) is 0 Å². The lowest BCUT2D eigenvalue weighted by molar-refractivity contribution is 0.0490. The molecule has 0 radical (unpaired) electrons. The molecule has 1 heterocycles. The molecular formula is C13H25N3O. The largest absolute Gasteiger partial charge is 0.391 e. The molecule has 17 heavy (non-hydrogen) atoms. The minimum absolute atomic E-state index is 0.214. The molecule has 4 nitrogen and oxygen atoms in total. The smallest absolute Gasteiger partial charge is 0.122 e. The number of rotatable bonds is 7. The maximum atomic E-state index is 10.1. The highest BCUT2D eigenvalue weighted by molar-refractivity contribution is 4.92. The van der Waals surface area contributed by atoms with Crippen LogP contribution in [0, 0.1) is 0 Å². The standard InChI is InChI=1S/C13H25N3O/c1-5-7-12(17)11(6-2)16(4)10-13-14-8-9-15(13)3/h8-9,11-12,17H,5-7,10H2,1-4H3. The molecular weight excluding hydrogens is 214 g/mol. The fourth-order valence-corrected chi connectivity index (χ4v) is 2.25. The van der Waals surface area contributed by atoms with Crippen molar-refractivity contribution in [2.45, 2.75) is 51.8 Å². The lowest BCUT2D eigenvalue weighted by Gasteiger charge is -2.30. The number of aliphatic hydroxyl groups is 1. The molecule has 1 aromatic heterocycles. The van der Waals surface area contributed by atoms with Crippen LogP contribution in [0.1, 0.15) is 38.9 Å². The first kappa shape index (κ1) is 14.2. The van der Waals surface area contributed by atoms with Gasteiger partial charge in [0, 0.05) is 25.5 Å². The van der Waals surface area contributed by atoms with Crippen molar-refractivity contribution in [1.29, 1.82) is 0 Å². The molecule has 0 aliphatic carbocycles. The summed E-state index contributed by atoms with van der Waals surface area (Å²) in [6.07, 6.45) is 6.37. The molecule has 1 aromatic rings. The summed E-state index contributed by atoms with van der Waals surface area (Å²) in [6, 6.07) is 0.214. The van der Waals surface area contributed by atoms with Gasteiger partial charge in [-0.15, -0.1) is 0 Å². The van der Waals surface area contributed by atoms with Gasteiger partial charge in [-0.05, 0) is 19.9 Å². The van der Waals surface area contributed by atoms with E-state index < -0.39 is 0 Å². The summed E-state index contributed by atoms with van der Waals surface area (Å²) in [5.74, 6) is 1.04. The van der Waals surface area contributed by atoms with Gasteiger partial charge >= 0.3 is 0 Å². The van der Waals surface area contributed by atoms with Crippen molar-refractivity contribution < 1.29 is 5.11 Å². The molecule has 2 atom stereocenters. The Kier molecular flexibility index (Phi) is 5.65. The van der Waals surface area contributed by atoms with Crippen molar-refractivity contribution in [2.24, 2.45) is 7.05 Å². The first-order valence-corrected chi connectivity index (χ1v) is 6.44. The number of nitrogens with zero attached hydrogens (tertiary/aromatic N) is 3. The van der Waals surface area contributed by atoms with Crippen LogP contribution in [-0.4, -0.2) is 38.8 Å². The summed E-state index contributed by atoms with van der Waals surface area (Å²) in [5, 5.41) is 10.1. The summed E-state index contributed by atoms with van der Waals surface area (Å²) < 4.78 is 2.02. The second kappa shape index (κ2) is 6.77. The summed E-state index contributed by atoms with van der Waals surface area (Å²) >= 11 is 0. The van der Waals surface area contributed by atoms with Gasteiger partial charge in [-0.3, -0.25) is 4.90 Å². The maximum absolute atomic E-state index is 10.1. The Morgan fingerprint density at radius 3 is 2.65 bits per heavy atom. The van der Waals surface area contributed by atoms with Crippen LogP contribution in [0.2, 0.25) is 0 Å². The molecule has 0 saturated carbocycles. The molecule has 98 valence electrons. The zero-order valence-electron chi connectivity index (χ0n) is 11.4. The van der Waals surface area contributed by atoms with E-state index in [0.29, 0.717) is 0 Å². The summed E-state index contributed by atoms with van der Waals surface area (Å²) in [4.78, 5) is 6.51. The lowest BCUT2D eigenvalue weighted by Crippen LogP contribution is -2.40. The molecule has 0 saturated heterocycles. The predicted molar refractivity (Wildman–Crippen MR) is 69.7 cm³/mol. The molecule has 0 aliphatic heterocycles. The molecule has 1 rings (SSSR count). The van der Waals surface area contributed by atoms with Crippen molar-refractivity contribution in [1.82, 2.24) is 14.5 Å². The minimum Gasteiger partial charge on any atom is -0.391 e. The van der Waals surface area contributed by atoms with Gasteiger partial charge in [-0.1, -0.05) is 20.3 Å². The SMILES string of the molecule is CCCC(O)C(CC)N(C)Cc1nccn1C. The summed E-state index contributed by atoms with van der Waals surface area (Å²) in [5.41, 5.74) is 0. The highest BCUT2D eigenvalue weighted by atomic mass is 16.3. The normalized spacial score (nSPS) is 15.2. The zero-order chi connectivity index (χ0) is 12.8. The minimum atomic E-state index is -0.240. The third-order valence-electron chi connectivity index (χ3n) is 3.32. The Bertz CT molecular complexity index is 324. The van der Waals surface area contributed by atoms with Gasteiger partial charge < -0.3 is 9.67 Å².